The number of nitrogens with one attached hydrogen (secondary N) is 2. The number of carbonyl (C=O) groups is 1. The van der Waals surface area contributed by atoms with Crippen LogP contribution in [0.15, 0.2) is 65.6 Å². The second kappa shape index (κ2) is 8.73. The maximum atomic E-state index is 13.7. The fourth-order valence-electron chi connectivity index (χ4n) is 2.63. The summed E-state index contributed by atoms with van der Waals surface area (Å²) in [7, 11) is -2.54. The number of methoxy groups -OCH3 is 1. The first-order valence-corrected chi connectivity index (χ1v) is 10.6. The van der Waals surface area contributed by atoms with E-state index in [1.165, 1.54) is 56.5 Å². The fourth-order valence-corrected chi connectivity index (χ4v) is 3.94. The second-order valence-corrected chi connectivity index (χ2v) is 8.49. The van der Waals surface area contributed by atoms with Crippen LogP contribution < -0.4 is 14.8 Å². The summed E-state index contributed by atoms with van der Waals surface area (Å²) >= 11 is 6.06. The molecular formula is C21H18ClFN2O4S. The van der Waals surface area contributed by atoms with Crippen LogP contribution in [-0.2, 0) is 10.0 Å². The van der Waals surface area contributed by atoms with E-state index < -0.39 is 21.7 Å². The Morgan fingerprint density at radius 2 is 1.80 bits per heavy atom. The van der Waals surface area contributed by atoms with E-state index in [4.69, 9.17) is 16.3 Å². The predicted molar refractivity (Wildman–Crippen MR) is 114 cm³/mol. The average molecular weight is 449 g/mol. The Hall–Kier alpha value is -3.10. The highest BCUT2D eigenvalue weighted by molar-refractivity contribution is 7.92. The molecule has 0 atom stereocenters. The van der Waals surface area contributed by atoms with Crippen molar-refractivity contribution < 1.29 is 22.3 Å². The highest BCUT2D eigenvalue weighted by Crippen LogP contribution is 2.27. The monoisotopic (exact) mass is 448 g/mol. The number of sulfonamides is 1. The summed E-state index contributed by atoms with van der Waals surface area (Å²) in [5, 5.41) is 3.02. The Labute approximate surface area is 178 Å². The minimum Gasteiger partial charge on any atom is -0.495 e. The van der Waals surface area contributed by atoms with Crippen molar-refractivity contribution in [2.45, 2.75) is 11.8 Å². The molecule has 3 aromatic rings. The molecule has 0 aromatic heterocycles. The van der Waals surface area contributed by atoms with Crippen molar-refractivity contribution in [2.24, 2.45) is 0 Å². The molecule has 0 saturated carbocycles. The lowest BCUT2D eigenvalue weighted by atomic mass is 10.2. The van der Waals surface area contributed by atoms with Gasteiger partial charge >= 0.3 is 0 Å². The molecule has 0 bridgehead atoms. The van der Waals surface area contributed by atoms with Crippen LogP contribution in [0, 0.1) is 12.7 Å². The fraction of sp³-hybridized carbons (Fsp3) is 0.0952. The molecule has 30 heavy (non-hydrogen) atoms. The maximum absolute atomic E-state index is 13.7. The number of hydrogen-bond acceptors (Lipinski definition) is 4. The first-order chi connectivity index (χ1) is 14.2. The third kappa shape index (κ3) is 4.90. The van der Waals surface area contributed by atoms with Crippen molar-refractivity contribution in [1.29, 1.82) is 0 Å². The summed E-state index contributed by atoms with van der Waals surface area (Å²) in [6, 6.07) is 14.3. The highest BCUT2D eigenvalue weighted by atomic mass is 35.5. The zero-order valence-electron chi connectivity index (χ0n) is 16.1. The molecule has 9 heteroatoms. The van der Waals surface area contributed by atoms with Gasteiger partial charge in [0.1, 0.15) is 11.6 Å². The van der Waals surface area contributed by atoms with Crippen LogP contribution in [0.1, 0.15) is 15.9 Å². The van der Waals surface area contributed by atoms with Gasteiger partial charge in [0.15, 0.2) is 0 Å². The Bertz CT molecular complexity index is 1220. The van der Waals surface area contributed by atoms with E-state index in [0.717, 1.165) is 6.07 Å². The van der Waals surface area contributed by atoms with E-state index in [-0.39, 0.29) is 16.1 Å². The molecule has 3 aromatic carbocycles. The van der Waals surface area contributed by atoms with Gasteiger partial charge in [0.05, 0.1) is 17.0 Å². The van der Waals surface area contributed by atoms with E-state index in [9.17, 15) is 17.6 Å². The number of ether oxygens (including phenoxy) is 1. The summed E-state index contributed by atoms with van der Waals surface area (Å²) < 4.78 is 46.2. The Morgan fingerprint density at radius 1 is 1.03 bits per heavy atom. The number of anilines is 2. The van der Waals surface area contributed by atoms with Gasteiger partial charge in [-0.1, -0.05) is 23.7 Å². The van der Waals surface area contributed by atoms with E-state index in [1.807, 2.05) is 0 Å². The number of amides is 1. The normalized spacial score (nSPS) is 11.1. The minimum absolute atomic E-state index is 0.163. The molecule has 0 fully saturated rings. The molecule has 1 amide bonds. The van der Waals surface area contributed by atoms with Gasteiger partial charge < -0.3 is 10.1 Å². The molecule has 0 unspecified atom stereocenters. The number of carbonyl (C=O) groups excluding carboxylic acids is 1. The molecule has 0 saturated heterocycles. The number of halogens is 2. The molecule has 156 valence electrons. The van der Waals surface area contributed by atoms with Crippen molar-refractivity contribution in [3.8, 4) is 5.75 Å². The number of hydrogen-bond donors (Lipinski definition) is 2. The molecule has 0 aliphatic rings. The topological polar surface area (TPSA) is 84.5 Å². The summed E-state index contributed by atoms with van der Waals surface area (Å²) in [6.45, 7) is 1.54. The van der Waals surface area contributed by atoms with Crippen LogP contribution in [-0.4, -0.2) is 21.4 Å². The lowest BCUT2D eigenvalue weighted by Crippen LogP contribution is -2.15. The van der Waals surface area contributed by atoms with Gasteiger partial charge in [-0.15, -0.1) is 0 Å². The van der Waals surface area contributed by atoms with E-state index in [0.29, 0.717) is 22.0 Å². The minimum atomic E-state index is -4.02. The number of rotatable bonds is 6. The maximum Gasteiger partial charge on any atom is 0.261 e. The van der Waals surface area contributed by atoms with Crippen molar-refractivity contribution >= 4 is 38.9 Å². The molecule has 0 aliphatic heterocycles. The summed E-state index contributed by atoms with van der Waals surface area (Å²) in [5.74, 6) is -0.610. The zero-order valence-corrected chi connectivity index (χ0v) is 17.6. The lowest BCUT2D eigenvalue weighted by Gasteiger charge is -2.11. The zero-order chi connectivity index (χ0) is 21.9. The standard InChI is InChI=1S/C21H18ClFN2O4S/c1-13-6-8-17(12-19(13)23)30(27,28)25-16-5-3-4-14(10-16)21(26)24-15-7-9-20(29-2)18(22)11-15/h3-12,25H,1-2H3,(H,24,26). The molecule has 0 spiro atoms. The van der Waals surface area contributed by atoms with E-state index >= 15 is 0 Å². The average Bonchev–Trinajstić information content (AvgIpc) is 2.70. The third-order valence-electron chi connectivity index (χ3n) is 4.24. The first-order valence-electron chi connectivity index (χ1n) is 8.73. The molecule has 2 N–H and O–H groups in total. The van der Waals surface area contributed by atoms with Crippen LogP contribution in [0.4, 0.5) is 15.8 Å². The largest absolute Gasteiger partial charge is 0.495 e. The predicted octanol–water partition coefficient (Wildman–Crippen LogP) is 4.85. The third-order valence-corrected chi connectivity index (χ3v) is 5.91. The van der Waals surface area contributed by atoms with Crippen molar-refractivity contribution in [3.63, 3.8) is 0 Å². The van der Waals surface area contributed by atoms with Crippen LogP contribution >= 0.6 is 11.6 Å². The quantitative estimate of drug-likeness (QED) is 0.564. The van der Waals surface area contributed by atoms with Gasteiger partial charge in [0.25, 0.3) is 15.9 Å². The van der Waals surface area contributed by atoms with Crippen LogP contribution in [0.5, 0.6) is 5.75 Å². The Balaban J connectivity index is 1.79. The van der Waals surface area contributed by atoms with Crippen LogP contribution in [0.2, 0.25) is 5.02 Å². The number of benzene rings is 3. The van der Waals surface area contributed by atoms with Crippen LogP contribution in [0.25, 0.3) is 0 Å². The van der Waals surface area contributed by atoms with Crippen molar-refractivity contribution in [3.05, 3.63) is 82.6 Å². The number of aryl methyl sites for hydroxylation is 1. The van der Waals surface area contributed by atoms with Gasteiger partial charge in [-0.05, 0) is 61.0 Å². The molecule has 6 nitrogen and oxygen atoms in total. The van der Waals surface area contributed by atoms with Crippen LogP contribution in [0.3, 0.4) is 0 Å². The first kappa shape index (κ1) is 21.6. The molecule has 0 aliphatic carbocycles. The van der Waals surface area contributed by atoms with Crippen molar-refractivity contribution in [2.75, 3.05) is 17.1 Å². The smallest absolute Gasteiger partial charge is 0.261 e. The summed E-state index contributed by atoms with van der Waals surface area (Å²) in [5.41, 5.74) is 1.17. The van der Waals surface area contributed by atoms with E-state index in [1.54, 1.807) is 12.1 Å². The summed E-state index contributed by atoms with van der Waals surface area (Å²) in [4.78, 5) is 12.3. The van der Waals surface area contributed by atoms with Crippen molar-refractivity contribution in [1.82, 2.24) is 0 Å². The SMILES string of the molecule is COc1ccc(NC(=O)c2cccc(NS(=O)(=O)c3ccc(C)c(F)c3)c2)cc1Cl. The van der Waals surface area contributed by atoms with Gasteiger partial charge in [-0.3, -0.25) is 9.52 Å². The highest BCUT2D eigenvalue weighted by Gasteiger charge is 2.17. The molecule has 3 rings (SSSR count). The molecular weight excluding hydrogens is 431 g/mol. The van der Waals surface area contributed by atoms with Gasteiger partial charge in [0, 0.05) is 16.9 Å². The van der Waals surface area contributed by atoms with Gasteiger partial charge in [-0.2, -0.15) is 0 Å². The van der Waals surface area contributed by atoms with E-state index in [2.05, 4.69) is 10.0 Å². The lowest BCUT2D eigenvalue weighted by molar-refractivity contribution is 0.102. The molecule has 0 heterocycles. The second-order valence-electron chi connectivity index (χ2n) is 6.40. The Kier molecular flexibility index (Phi) is 6.28. The Morgan fingerprint density at radius 3 is 2.47 bits per heavy atom. The van der Waals surface area contributed by atoms with Gasteiger partial charge in [0.2, 0.25) is 0 Å². The summed E-state index contributed by atoms with van der Waals surface area (Å²) in [6.07, 6.45) is 0. The van der Waals surface area contributed by atoms with Gasteiger partial charge in [-0.25, -0.2) is 12.8 Å². The molecule has 0 radical (unpaired) electrons.